The number of Topliss-reactive ketones (excluding diaryl/α,β-unsaturated/α-hetero) is 1. The first kappa shape index (κ1) is 18.6. The van der Waals surface area contributed by atoms with Crippen LogP contribution in [0.25, 0.3) is 5.57 Å². The van der Waals surface area contributed by atoms with Crippen molar-refractivity contribution in [2.75, 3.05) is 0 Å². The summed E-state index contributed by atoms with van der Waals surface area (Å²) in [5.41, 5.74) is 4.27. The van der Waals surface area contributed by atoms with Crippen LogP contribution in [0.1, 0.15) is 64.5 Å². The van der Waals surface area contributed by atoms with Crippen molar-refractivity contribution in [2.24, 2.45) is 16.3 Å². The van der Waals surface area contributed by atoms with Gasteiger partial charge >= 0.3 is 5.97 Å². The number of nitrogens with zero attached hydrogens (tertiary/aromatic N) is 1. The Labute approximate surface area is 155 Å². The van der Waals surface area contributed by atoms with Crippen molar-refractivity contribution in [3.8, 4) is 0 Å². The van der Waals surface area contributed by atoms with Gasteiger partial charge in [0.2, 0.25) is 5.78 Å². The second kappa shape index (κ2) is 6.82. The molecule has 2 aliphatic rings. The number of carbonyl (C=O) groups is 2. The standard InChI is InChI=1S/C22H27NO3/c1-13(2)11-18(21(25)26)23-19-15-8-6-5-7-14(15)17-12-22(3,4)10-9-16(17)20(19)24/h5-8,13,18H,9-12H2,1-4H3,(H,25,26)/t18-/m0/s1. The average molecular weight is 353 g/mol. The number of hydrogen-bond acceptors (Lipinski definition) is 3. The molecule has 0 aromatic heterocycles. The first-order valence-corrected chi connectivity index (χ1v) is 9.37. The number of hydrogen-bond donors (Lipinski definition) is 1. The second-order valence-corrected chi connectivity index (χ2v) is 8.63. The summed E-state index contributed by atoms with van der Waals surface area (Å²) in [6, 6.07) is 6.91. The van der Waals surface area contributed by atoms with E-state index in [-0.39, 0.29) is 17.1 Å². The molecule has 4 heteroatoms. The summed E-state index contributed by atoms with van der Waals surface area (Å²) in [6.45, 7) is 8.40. The van der Waals surface area contributed by atoms with E-state index in [4.69, 9.17) is 0 Å². The van der Waals surface area contributed by atoms with Crippen molar-refractivity contribution in [3.63, 3.8) is 0 Å². The monoisotopic (exact) mass is 353 g/mol. The number of carboxylic acids is 1. The van der Waals surface area contributed by atoms with E-state index in [2.05, 4.69) is 18.8 Å². The molecule has 138 valence electrons. The van der Waals surface area contributed by atoms with Crippen LogP contribution in [-0.2, 0) is 9.59 Å². The van der Waals surface area contributed by atoms with Gasteiger partial charge in [-0.25, -0.2) is 4.79 Å². The molecule has 0 radical (unpaired) electrons. The lowest BCUT2D eigenvalue weighted by atomic mass is 9.68. The van der Waals surface area contributed by atoms with Crippen molar-refractivity contribution >= 4 is 23.0 Å². The molecule has 0 unspecified atom stereocenters. The maximum atomic E-state index is 13.2. The minimum absolute atomic E-state index is 0.0794. The lowest BCUT2D eigenvalue weighted by Crippen LogP contribution is -2.32. The summed E-state index contributed by atoms with van der Waals surface area (Å²) in [7, 11) is 0. The minimum atomic E-state index is -0.971. The van der Waals surface area contributed by atoms with E-state index in [0.717, 1.165) is 41.5 Å². The molecular weight excluding hydrogens is 326 g/mol. The van der Waals surface area contributed by atoms with Crippen molar-refractivity contribution in [2.45, 2.75) is 59.4 Å². The molecule has 4 nitrogen and oxygen atoms in total. The maximum absolute atomic E-state index is 13.2. The number of carboxylic acid groups (broad SMARTS) is 1. The summed E-state index contributed by atoms with van der Waals surface area (Å²) in [6.07, 6.45) is 2.98. The first-order chi connectivity index (χ1) is 12.2. The molecule has 26 heavy (non-hydrogen) atoms. The summed E-state index contributed by atoms with van der Waals surface area (Å²) >= 11 is 0. The van der Waals surface area contributed by atoms with Gasteiger partial charge in [0.25, 0.3) is 0 Å². The molecule has 1 aromatic carbocycles. The summed E-state index contributed by atoms with van der Waals surface area (Å²) in [5, 5.41) is 9.56. The van der Waals surface area contributed by atoms with Crippen LogP contribution < -0.4 is 0 Å². The summed E-state index contributed by atoms with van der Waals surface area (Å²) in [4.78, 5) is 29.3. The molecule has 2 aliphatic carbocycles. The largest absolute Gasteiger partial charge is 0.480 e. The van der Waals surface area contributed by atoms with E-state index in [1.807, 2.05) is 38.1 Å². The van der Waals surface area contributed by atoms with Gasteiger partial charge in [0.15, 0.2) is 0 Å². The molecule has 1 atom stereocenters. The smallest absolute Gasteiger partial charge is 0.328 e. The van der Waals surface area contributed by atoms with Crippen LogP contribution in [0.3, 0.4) is 0 Å². The average Bonchev–Trinajstić information content (AvgIpc) is 2.56. The van der Waals surface area contributed by atoms with Crippen molar-refractivity contribution in [1.29, 1.82) is 0 Å². The fourth-order valence-electron chi connectivity index (χ4n) is 3.95. The molecule has 0 fully saturated rings. The summed E-state index contributed by atoms with van der Waals surface area (Å²) in [5.74, 6) is -0.857. The van der Waals surface area contributed by atoms with Gasteiger partial charge in [-0.05, 0) is 48.2 Å². The van der Waals surface area contributed by atoms with E-state index in [1.54, 1.807) is 0 Å². The van der Waals surface area contributed by atoms with Crippen LogP contribution in [0.4, 0.5) is 0 Å². The molecule has 1 N–H and O–H groups in total. The number of ketones is 1. The van der Waals surface area contributed by atoms with Gasteiger partial charge < -0.3 is 5.11 Å². The van der Waals surface area contributed by atoms with E-state index in [0.29, 0.717) is 12.1 Å². The highest BCUT2D eigenvalue weighted by molar-refractivity contribution is 6.54. The predicted octanol–water partition coefficient (Wildman–Crippen LogP) is 4.52. The van der Waals surface area contributed by atoms with Gasteiger partial charge in [-0.3, -0.25) is 9.79 Å². The molecule has 3 rings (SSSR count). The first-order valence-electron chi connectivity index (χ1n) is 9.37. The second-order valence-electron chi connectivity index (χ2n) is 8.63. The molecule has 0 saturated heterocycles. The molecule has 0 heterocycles. The molecular formula is C22H27NO3. The lowest BCUT2D eigenvalue weighted by Gasteiger charge is -2.36. The normalized spacial score (nSPS) is 21.6. The quantitative estimate of drug-likeness (QED) is 0.865. The fourth-order valence-corrected chi connectivity index (χ4v) is 3.95. The SMILES string of the molecule is CC(C)C[C@H](N=C1C(=O)C2=C(CC(C)(C)CC2)c2ccccc21)C(=O)O. The number of allylic oxidation sites excluding steroid dienone is 2. The van der Waals surface area contributed by atoms with Gasteiger partial charge in [0.05, 0.1) is 0 Å². The Balaban J connectivity index is 2.12. The van der Waals surface area contributed by atoms with Crippen LogP contribution in [0.15, 0.2) is 34.8 Å². The van der Waals surface area contributed by atoms with Crippen LogP contribution in [0.2, 0.25) is 0 Å². The van der Waals surface area contributed by atoms with Crippen LogP contribution in [-0.4, -0.2) is 28.6 Å². The van der Waals surface area contributed by atoms with E-state index in [1.165, 1.54) is 0 Å². The highest BCUT2D eigenvalue weighted by Crippen LogP contribution is 2.46. The number of carbonyl (C=O) groups excluding carboxylic acids is 1. The zero-order valence-corrected chi connectivity index (χ0v) is 16.0. The van der Waals surface area contributed by atoms with E-state index < -0.39 is 12.0 Å². The lowest BCUT2D eigenvalue weighted by molar-refractivity contribution is -0.138. The van der Waals surface area contributed by atoms with Crippen LogP contribution in [0, 0.1) is 11.3 Å². The Morgan fingerprint density at radius 3 is 2.46 bits per heavy atom. The number of benzene rings is 1. The molecule has 0 spiro atoms. The number of fused-ring (bicyclic) bond motifs is 2. The minimum Gasteiger partial charge on any atom is -0.480 e. The van der Waals surface area contributed by atoms with Gasteiger partial charge in [-0.15, -0.1) is 0 Å². The number of rotatable bonds is 4. The molecule has 1 aromatic rings. The third kappa shape index (κ3) is 3.50. The fraction of sp³-hybridized carbons (Fsp3) is 0.500. The molecule has 0 saturated carbocycles. The van der Waals surface area contributed by atoms with Gasteiger partial charge in [-0.1, -0.05) is 52.0 Å². The third-order valence-electron chi connectivity index (χ3n) is 5.33. The van der Waals surface area contributed by atoms with Crippen molar-refractivity contribution < 1.29 is 14.7 Å². The highest BCUT2D eigenvalue weighted by atomic mass is 16.4. The Kier molecular flexibility index (Phi) is 4.87. The van der Waals surface area contributed by atoms with Crippen LogP contribution >= 0.6 is 0 Å². The summed E-state index contributed by atoms with van der Waals surface area (Å²) < 4.78 is 0. The van der Waals surface area contributed by atoms with Gasteiger partial charge in [0.1, 0.15) is 11.8 Å². The van der Waals surface area contributed by atoms with Gasteiger partial charge in [-0.2, -0.15) is 0 Å². The van der Waals surface area contributed by atoms with E-state index >= 15 is 0 Å². The molecule has 0 bridgehead atoms. The Hall–Kier alpha value is -2.23. The topological polar surface area (TPSA) is 66.7 Å². The van der Waals surface area contributed by atoms with Crippen molar-refractivity contribution in [1.82, 2.24) is 0 Å². The number of aliphatic carboxylic acids is 1. The molecule has 0 amide bonds. The highest BCUT2D eigenvalue weighted by Gasteiger charge is 2.37. The Morgan fingerprint density at radius 2 is 1.85 bits per heavy atom. The van der Waals surface area contributed by atoms with E-state index in [9.17, 15) is 14.7 Å². The molecule has 0 aliphatic heterocycles. The Morgan fingerprint density at radius 1 is 1.19 bits per heavy atom. The third-order valence-corrected chi connectivity index (χ3v) is 5.33. The maximum Gasteiger partial charge on any atom is 0.328 e. The van der Waals surface area contributed by atoms with Crippen molar-refractivity contribution in [3.05, 3.63) is 41.0 Å². The van der Waals surface area contributed by atoms with Gasteiger partial charge in [0, 0.05) is 11.1 Å². The number of aliphatic imine (C=N–C) groups is 1. The zero-order chi connectivity index (χ0) is 19.1. The zero-order valence-electron chi connectivity index (χ0n) is 16.0. The van der Waals surface area contributed by atoms with Crippen LogP contribution in [0.5, 0.6) is 0 Å². The predicted molar refractivity (Wildman–Crippen MR) is 103 cm³/mol. The Bertz CT molecular complexity index is 814.